The molecule has 1 aromatic carbocycles. The van der Waals surface area contributed by atoms with Crippen molar-refractivity contribution in [1.29, 1.82) is 5.26 Å². The van der Waals surface area contributed by atoms with Crippen molar-refractivity contribution < 1.29 is 4.74 Å². The SMILES string of the molecule is CCC/C=C(/C=C(/OCC)c1cc(N)ccc1C)n1cnc(C#N)c1. The van der Waals surface area contributed by atoms with Gasteiger partial charge in [0.05, 0.1) is 6.61 Å². The van der Waals surface area contributed by atoms with Gasteiger partial charge in [0.15, 0.2) is 5.69 Å². The zero-order chi connectivity index (χ0) is 18.2. The van der Waals surface area contributed by atoms with E-state index in [1.165, 1.54) is 0 Å². The van der Waals surface area contributed by atoms with E-state index < -0.39 is 0 Å². The van der Waals surface area contributed by atoms with Crippen molar-refractivity contribution in [3.05, 3.63) is 59.7 Å². The maximum Gasteiger partial charge on any atom is 0.158 e. The number of nitriles is 1. The van der Waals surface area contributed by atoms with Crippen LogP contribution in [-0.4, -0.2) is 16.2 Å². The van der Waals surface area contributed by atoms with Crippen LogP contribution in [0.3, 0.4) is 0 Å². The van der Waals surface area contributed by atoms with Gasteiger partial charge in [-0.1, -0.05) is 25.5 Å². The third-order valence-corrected chi connectivity index (χ3v) is 3.74. The van der Waals surface area contributed by atoms with Crippen LogP contribution in [0.1, 0.15) is 43.5 Å². The van der Waals surface area contributed by atoms with Crippen LogP contribution in [0, 0.1) is 18.3 Å². The van der Waals surface area contributed by atoms with E-state index in [4.69, 9.17) is 15.7 Å². The fourth-order valence-electron chi connectivity index (χ4n) is 2.44. The summed E-state index contributed by atoms with van der Waals surface area (Å²) in [5.41, 5.74) is 10.0. The molecule has 0 bridgehead atoms. The number of rotatable bonds is 7. The van der Waals surface area contributed by atoms with Crippen LogP contribution in [0.2, 0.25) is 0 Å². The quantitative estimate of drug-likeness (QED) is 0.463. The number of benzene rings is 1. The zero-order valence-corrected chi connectivity index (χ0v) is 15.0. The number of nitrogen functional groups attached to an aromatic ring is 1. The van der Waals surface area contributed by atoms with Gasteiger partial charge in [0.1, 0.15) is 18.2 Å². The van der Waals surface area contributed by atoms with Gasteiger partial charge in [0.2, 0.25) is 0 Å². The number of ether oxygens (including phenoxy) is 1. The monoisotopic (exact) mass is 336 g/mol. The Hall–Kier alpha value is -3.00. The summed E-state index contributed by atoms with van der Waals surface area (Å²) in [6.07, 6.45) is 9.40. The van der Waals surface area contributed by atoms with E-state index in [0.29, 0.717) is 18.0 Å². The van der Waals surface area contributed by atoms with Crippen molar-refractivity contribution in [2.75, 3.05) is 12.3 Å². The third kappa shape index (κ3) is 4.74. The summed E-state index contributed by atoms with van der Waals surface area (Å²) in [5, 5.41) is 9.02. The molecule has 0 radical (unpaired) electrons. The molecule has 5 nitrogen and oxygen atoms in total. The topological polar surface area (TPSA) is 76.9 Å². The molecule has 0 saturated carbocycles. The maximum absolute atomic E-state index is 9.02. The number of nitrogens with zero attached hydrogens (tertiary/aromatic N) is 3. The molecule has 2 N–H and O–H groups in total. The predicted molar refractivity (Wildman–Crippen MR) is 101 cm³/mol. The molecule has 1 aromatic heterocycles. The fourth-order valence-corrected chi connectivity index (χ4v) is 2.44. The summed E-state index contributed by atoms with van der Waals surface area (Å²) in [7, 11) is 0. The van der Waals surface area contributed by atoms with Gasteiger partial charge in [0, 0.05) is 29.2 Å². The minimum Gasteiger partial charge on any atom is -0.493 e. The lowest BCUT2D eigenvalue weighted by Crippen LogP contribution is -1.99. The summed E-state index contributed by atoms with van der Waals surface area (Å²) < 4.78 is 7.74. The molecule has 1 heterocycles. The van der Waals surface area contributed by atoms with E-state index in [9.17, 15) is 0 Å². The molecule has 5 heteroatoms. The number of unbranched alkanes of at least 4 members (excludes halogenated alkanes) is 1. The molecule has 2 aromatic rings. The van der Waals surface area contributed by atoms with Gasteiger partial charge in [-0.25, -0.2) is 4.98 Å². The molecule has 0 fully saturated rings. The number of allylic oxidation sites excluding steroid dienone is 3. The number of anilines is 1. The number of aryl methyl sites for hydroxylation is 1. The van der Waals surface area contributed by atoms with Crippen LogP contribution < -0.4 is 5.73 Å². The Morgan fingerprint density at radius 2 is 2.20 bits per heavy atom. The maximum atomic E-state index is 9.02. The molecular formula is C20H24N4O. The minimum absolute atomic E-state index is 0.383. The van der Waals surface area contributed by atoms with E-state index in [0.717, 1.165) is 35.4 Å². The molecule has 25 heavy (non-hydrogen) atoms. The average molecular weight is 336 g/mol. The molecule has 0 amide bonds. The first-order chi connectivity index (χ1) is 12.1. The second-order valence-electron chi connectivity index (χ2n) is 5.71. The normalized spacial score (nSPS) is 12.1. The van der Waals surface area contributed by atoms with Crippen LogP contribution in [0.4, 0.5) is 5.69 Å². The Morgan fingerprint density at radius 1 is 1.40 bits per heavy atom. The third-order valence-electron chi connectivity index (χ3n) is 3.74. The zero-order valence-electron chi connectivity index (χ0n) is 15.0. The molecule has 0 aliphatic rings. The first-order valence-electron chi connectivity index (χ1n) is 8.44. The highest BCUT2D eigenvalue weighted by molar-refractivity contribution is 5.75. The van der Waals surface area contributed by atoms with Crippen molar-refractivity contribution in [3.8, 4) is 6.07 Å². The summed E-state index contributed by atoms with van der Waals surface area (Å²) in [6, 6.07) is 7.84. The van der Waals surface area contributed by atoms with E-state index in [1.807, 2.05) is 42.7 Å². The predicted octanol–water partition coefficient (Wildman–Crippen LogP) is 4.36. The highest BCUT2D eigenvalue weighted by Gasteiger charge is 2.10. The van der Waals surface area contributed by atoms with Crippen molar-refractivity contribution in [2.45, 2.75) is 33.6 Å². The van der Waals surface area contributed by atoms with E-state index >= 15 is 0 Å². The summed E-state index contributed by atoms with van der Waals surface area (Å²) in [5.74, 6) is 0.752. The average Bonchev–Trinajstić information content (AvgIpc) is 3.09. The smallest absolute Gasteiger partial charge is 0.158 e. The molecule has 130 valence electrons. The Labute approximate surface area is 149 Å². The van der Waals surface area contributed by atoms with Crippen molar-refractivity contribution in [2.24, 2.45) is 0 Å². The van der Waals surface area contributed by atoms with Crippen LogP contribution in [0.5, 0.6) is 0 Å². The van der Waals surface area contributed by atoms with Crippen molar-refractivity contribution >= 4 is 17.1 Å². The van der Waals surface area contributed by atoms with E-state index in [2.05, 4.69) is 24.1 Å². The number of hydrogen-bond donors (Lipinski definition) is 1. The molecule has 0 atom stereocenters. The molecule has 0 spiro atoms. The first-order valence-corrected chi connectivity index (χ1v) is 8.44. The lowest BCUT2D eigenvalue weighted by molar-refractivity contribution is 0.298. The van der Waals surface area contributed by atoms with Crippen LogP contribution >= 0.6 is 0 Å². The highest BCUT2D eigenvalue weighted by Crippen LogP contribution is 2.25. The summed E-state index contributed by atoms with van der Waals surface area (Å²) in [4.78, 5) is 4.09. The highest BCUT2D eigenvalue weighted by atomic mass is 16.5. The number of imidazole rings is 1. The molecule has 0 unspecified atom stereocenters. The Balaban J connectivity index is 2.52. The Bertz CT molecular complexity index is 824. The Kier molecular flexibility index (Phi) is 6.41. The van der Waals surface area contributed by atoms with Gasteiger partial charge in [0.25, 0.3) is 0 Å². The molecule has 0 aliphatic carbocycles. The lowest BCUT2D eigenvalue weighted by atomic mass is 10.0. The Morgan fingerprint density at radius 3 is 2.84 bits per heavy atom. The van der Waals surface area contributed by atoms with Crippen molar-refractivity contribution in [1.82, 2.24) is 9.55 Å². The van der Waals surface area contributed by atoms with Gasteiger partial charge in [-0.3, -0.25) is 0 Å². The number of aromatic nitrogens is 2. The summed E-state index contributed by atoms with van der Waals surface area (Å²) >= 11 is 0. The van der Waals surface area contributed by atoms with Gasteiger partial charge < -0.3 is 15.0 Å². The van der Waals surface area contributed by atoms with Gasteiger partial charge in [-0.05, 0) is 38.0 Å². The standard InChI is InChI=1S/C20H24N4O/c1-4-6-7-18(24-13-17(12-21)23-14-24)11-20(25-5-2)19-10-16(22)9-8-15(19)3/h7-11,13-14H,4-6,22H2,1-3H3/b18-7-,20-11+. The minimum atomic E-state index is 0.383. The molecule has 0 aliphatic heterocycles. The van der Waals surface area contributed by atoms with Gasteiger partial charge in [-0.2, -0.15) is 5.26 Å². The second kappa shape index (κ2) is 8.74. The van der Waals surface area contributed by atoms with E-state index in [-0.39, 0.29) is 0 Å². The fraction of sp³-hybridized carbons (Fsp3) is 0.300. The van der Waals surface area contributed by atoms with Gasteiger partial charge in [-0.15, -0.1) is 0 Å². The lowest BCUT2D eigenvalue weighted by Gasteiger charge is -2.14. The van der Waals surface area contributed by atoms with Gasteiger partial charge >= 0.3 is 0 Å². The largest absolute Gasteiger partial charge is 0.493 e. The first kappa shape index (κ1) is 18.3. The summed E-state index contributed by atoms with van der Waals surface area (Å²) in [6.45, 7) is 6.66. The molecular weight excluding hydrogens is 312 g/mol. The van der Waals surface area contributed by atoms with Crippen LogP contribution in [0.25, 0.3) is 11.5 Å². The number of nitrogens with two attached hydrogens (primary N) is 1. The van der Waals surface area contributed by atoms with Crippen LogP contribution in [-0.2, 0) is 4.74 Å². The van der Waals surface area contributed by atoms with E-state index in [1.54, 1.807) is 12.5 Å². The van der Waals surface area contributed by atoms with Crippen molar-refractivity contribution in [3.63, 3.8) is 0 Å². The number of hydrogen-bond acceptors (Lipinski definition) is 4. The van der Waals surface area contributed by atoms with Crippen LogP contribution in [0.15, 0.2) is 42.9 Å². The second-order valence-corrected chi connectivity index (χ2v) is 5.71. The molecule has 2 rings (SSSR count). The molecule has 0 saturated heterocycles.